The summed E-state index contributed by atoms with van der Waals surface area (Å²) >= 11 is 0. The van der Waals surface area contributed by atoms with Crippen molar-refractivity contribution in [1.82, 2.24) is 0 Å². The topological polar surface area (TPSA) is 20.2 Å². The van der Waals surface area contributed by atoms with Crippen molar-refractivity contribution in [3.05, 3.63) is 115 Å². The second-order valence-corrected chi connectivity index (χ2v) is 9.54. The van der Waals surface area contributed by atoms with Gasteiger partial charge in [0.25, 0.3) is 0 Å². The first-order valence-corrected chi connectivity index (χ1v) is 10.5. The van der Waals surface area contributed by atoms with Crippen molar-refractivity contribution in [2.24, 2.45) is 0 Å². The molecule has 0 atom stereocenters. The Morgan fingerprint density at radius 2 is 0.778 bits per heavy atom. The SMILES string of the molecule is I.Oc1ccccc1[P+](c1ccccc1)(c1ccccc1)c1ccccc1. The molecular weight excluding hydrogens is 462 g/mol. The summed E-state index contributed by atoms with van der Waals surface area (Å²) in [5.74, 6) is 0.345. The average molecular weight is 483 g/mol. The molecule has 0 amide bonds. The van der Waals surface area contributed by atoms with E-state index in [4.69, 9.17) is 0 Å². The largest absolute Gasteiger partial charge is 0.504 e. The number of hydrogen-bond donors (Lipinski definition) is 1. The zero-order valence-corrected chi connectivity index (χ0v) is 18.0. The Labute approximate surface area is 178 Å². The van der Waals surface area contributed by atoms with E-state index in [1.807, 2.05) is 30.3 Å². The molecule has 0 aliphatic carbocycles. The van der Waals surface area contributed by atoms with Crippen LogP contribution in [0, 0.1) is 0 Å². The fourth-order valence-corrected chi connectivity index (χ4v) is 7.88. The lowest BCUT2D eigenvalue weighted by molar-refractivity contribution is 0.479. The fraction of sp³-hybridized carbons (Fsp3) is 0. The Bertz CT molecular complexity index is 892. The number of halogens is 1. The van der Waals surface area contributed by atoms with E-state index in [9.17, 15) is 5.11 Å². The molecule has 4 aromatic carbocycles. The van der Waals surface area contributed by atoms with Crippen LogP contribution < -0.4 is 21.2 Å². The lowest BCUT2D eigenvalue weighted by Crippen LogP contribution is -2.38. The Morgan fingerprint density at radius 3 is 1.15 bits per heavy atom. The zero-order valence-electron chi connectivity index (χ0n) is 14.8. The maximum Gasteiger partial charge on any atom is 0.159 e. The van der Waals surface area contributed by atoms with Crippen LogP contribution in [0.1, 0.15) is 0 Å². The van der Waals surface area contributed by atoms with Gasteiger partial charge in [-0.1, -0.05) is 66.7 Å². The number of hydrogen-bond acceptors (Lipinski definition) is 1. The van der Waals surface area contributed by atoms with Crippen molar-refractivity contribution in [3.63, 3.8) is 0 Å². The summed E-state index contributed by atoms with van der Waals surface area (Å²) in [6, 6.07) is 39.4. The molecule has 134 valence electrons. The van der Waals surface area contributed by atoms with E-state index in [1.54, 1.807) is 6.07 Å². The number of phenolic OH excluding ortho intramolecular Hbond substituents is 1. The lowest BCUT2D eigenvalue weighted by Gasteiger charge is -2.27. The van der Waals surface area contributed by atoms with Gasteiger partial charge in [0, 0.05) is 0 Å². The van der Waals surface area contributed by atoms with Crippen molar-refractivity contribution in [2.75, 3.05) is 0 Å². The Kier molecular flexibility index (Phi) is 6.30. The third-order valence-electron chi connectivity index (χ3n) is 4.67. The highest BCUT2D eigenvalue weighted by atomic mass is 127. The summed E-state index contributed by atoms with van der Waals surface area (Å²) in [6.45, 7) is 0. The summed E-state index contributed by atoms with van der Waals surface area (Å²) in [5.41, 5.74) is 0. The van der Waals surface area contributed by atoms with Crippen molar-refractivity contribution >= 4 is 52.5 Å². The van der Waals surface area contributed by atoms with Gasteiger partial charge >= 0.3 is 0 Å². The standard InChI is InChI=1S/C24H19OP.HI/c25-23-18-10-11-19-24(23)26(20-12-4-1-5-13-20,21-14-6-2-7-15-21)22-16-8-3-9-17-22;/h1-19H;1H/p+1. The van der Waals surface area contributed by atoms with E-state index in [-0.39, 0.29) is 24.0 Å². The second-order valence-electron chi connectivity index (χ2n) is 6.17. The Morgan fingerprint density at radius 1 is 0.444 bits per heavy atom. The van der Waals surface area contributed by atoms with Gasteiger partial charge in [-0.05, 0) is 48.5 Å². The normalized spacial score (nSPS) is 10.8. The van der Waals surface area contributed by atoms with Crippen LogP contribution in [0.5, 0.6) is 5.75 Å². The second kappa shape index (κ2) is 8.69. The predicted molar refractivity (Wildman–Crippen MR) is 128 cm³/mol. The van der Waals surface area contributed by atoms with Crippen LogP contribution in [-0.4, -0.2) is 5.11 Å². The molecule has 0 aliphatic rings. The monoisotopic (exact) mass is 483 g/mol. The third-order valence-corrected chi connectivity index (χ3v) is 8.99. The van der Waals surface area contributed by atoms with Gasteiger partial charge in [0.15, 0.2) is 11.1 Å². The van der Waals surface area contributed by atoms with Crippen molar-refractivity contribution in [3.8, 4) is 5.75 Å². The molecule has 0 aliphatic heterocycles. The van der Waals surface area contributed by atoms with Crippen LogP contribution >= 0.6 is 31.2 Å². The van der Waals surface area contributed by atoms with Crippen LogP contribution in [0.15, 0.2) is 115 Å². The van der Waals surface area contributed by atoms with Crippen LogP contribution in [0.2, 0.25) is 0 Å². The molecule has 0 saturated heterocycles. The molecule has 0 fully saturated rings. The fourth-order valence-electron chi connectivity index (χ4n) is 3.57. The molecule has 0 aromatic heterocycles. The van der Waals surface area contributed by atoms with E-state index in [2.05, 4.69) is 78.9 Å². The Balaban J connectivity index is 0.00000210. The molecular formula is C24H21IOP+. The minimum atomic E-state index is -2.19. The number of phenols is 1. The van der Waals surface area contributed by atoms with Crippen LogP contribution in [0.25, 0.3) is 0 Å². The molecule has 4 aromatic rings. The Hall–Kier alpha value is -2.16. The average Bonchev–Trinajstić information content (AvgIpc) is 2.72. The van der Waals surface area contributed by atoms with Gasteiger partial charge in [0.1, 0.15) is 23.2 Å². The quantitative estimate of drug-likeness (QED) is 0.332. The molecule has 0 unspecified atom stereocenters. The molecule has 0 spiro atoms. The lowest BCUT2D eigenvalue weighted by atomic mass is 10.3. The summed E-state index contributed by atoms with van der Waals surface area (Å²) in [7, 11) is -2.19. The third kappa shape index (κ3) is 3.52. The summed E-state index contributed by atoms with van der Waals surface area (Å²) < 4.78 is 0. The van der Waals surface area contributed by atoms with Crippen molar-refractivity contribution in [2.45, 2.75) is 0 Å². The molecule has 0 radical (unpaired) electrons. The highest BCUT2D eigenvalue weighted by Crippen LogP contribution is 2.55. The molecule has 0 heterocycles. The van der Waals surface area contributed by atoms with Crippen LogP contribution in [0.3, 0.4) is 0 Å². The van der Waals surface area contributed by atoms with Gasteiger partial charge in [-0.2, -0.15) is 0 Å². The minimum Gasteiger partial charge on any atom is -0.504 e. The first-order chi connectivity index (χ1) is 12.8. The summed E-state index contributed by atoms with van der Waals surface area (Å²) in [4.78, 5) is 0. The number of aromatic hydroxyl groups is 1. The van der Waals surface area contributed by atoms with E-state index < -0.39 is 7.26 Å². The number of para-hydroxylation sites is 1. The zero-order chi connectivity index (χ0) is 17.8. The summed E-state index contributed by atoms with van der Waals surface area (Å²) in [5, 5.41) is 15.6. The van der Waals surface area contributed by atoms with Gasteiger partial charge in [-0.25, -0.2) is 0 Å². The number of benzene rings is 4. The molecule has 0 saturated carbocycles. The van der Waals surface area contributed by atoms with Gasteiger partial charge in [-0.15, -0.1) is 24.0 Å². The summed E-state index contributed by atoms with van der Waals surface area (Å²) in [6.07, 6.45) is 0. The molecule has 4 rings (SSSR count). The molecule has 1 nitrogen and oxygen atoms in total. The van der Waals surface area contributed by atoms with Crippen LogP contribution in [-0.2, 0) is 0 Å². The van der Waals surface area contributed by atoms with E-state index >= 15 is 0 Å². The first-order valence-electron chi connectivity index (χ1n) is 8.68. The highest BCUT2D eigenvalue weighted by molar-refractivity contribution is 14.0. The smallest absolute Gasteiger partial charge is 0.159 e. The van der Waals surface area contributed by atoms with Gasteiger partial charge in [0.2, 0.25) is 0 Å². The minimum absolute atomic E-state index is 0. The van der Waals surface area contributed by atoms with Crippen molar-refractivity contribution in [1.29, 1.82) is 0 Å². The van der Waals surface area contributed by atoms with Gasteiger partial charge in [0.05, 0.1) is 0 Å². The molecule has 1 N–H and O–H groups in total. The first kappa shape index (κ1) is 19.6. The van der Waals surface area contributed by atoms with Crippen LogP contribution in [0.4, 0.5) is 0 Å². The van der Waals surface area contributed by atoms with E-state index in [0.717, 1.165) is 5.30 Å². The molecule has 0 bridgehead atoms. The van der Waals surface area contributed by atoms with E-state index in [0.29, 0.717) is 5.75 Å². The number of rotatable bonds is 4. The maximum atomic E-state index is 10.9. The maximum absolute atomic E-state index is 10.9. The van der Waals surface area contributed by atoms with Gasteiger partial charge < -0.3 is 5.11 Å². The predicted octanol–water partition coefficient (Wildman–Crippen LogP) is 4.63. The molecule has 3 heteroatoms. The van der Waals surface area contributed by atoms with Crippen molar-refractivity contribution < 1.29 is 5.11 Å². The van der Waals surface area contributed by atoms with E-state index in [1.165, 1.54) is 15.9 Å². The highest BCUT2D eigenvalue weighted by Gasteiger charge is 2.49. The van der Waals surface area contributed by atoms with Gasteiger partial charge in [-0.3, -0.25) is 0 Å². The molecule has 27 heavy (non-hydrogen) atoms.